The third-order valence-electron chi connectivity index (χ3n) is 0.957. The highest BCUT2D eigenvalue weighted by Gasteiger charge is 2.14. The van der Waals surface area contributed by atoms with E-state index in [9.17, 15) is 4.57 Å². The smallest absolute Gasteiger partial charge is 0.309 e. The van der Waals surface area contributed by atoms with Crippen molar-refractivity contribution in [2.24, 2.45) is 0 Å². The molecule has 0 rings (SSSR count). The number of hydrogen-bond acceptors (Lipinski definition) is 3. The van der Waals surface area contributed by atoms with E-state index in [-0.39, 0.29) is 6.61 Å². The molecule has 0 N–H and O–H groups in total. The van der Waals surface area contributed by atoms with Crippen LogP contribution >= 0.6 is 7.60 Å². The highest BCUT2D eigenvalue weighted by molar-refractivity contribution is 7.52. The molecule has 0 saturated carbocycles. The molecule has 3 nitrogen and oxygen atoms in total. The van der Waals surface area contributed by atoms with Gasteiger partial charge >= 0.3 is 7.60 Å². The molecule has 0 aromatic heterocycles. The Morgan fingerprint density at radius 1 is 1.55 bits per heavy atom. The molecular weight excluding hydrogens is 163 g/mol. The molecular formula is C7H15O3P. The Labute approximate surface area is 67.9 Å². The zero-order valence-corrected chi connectivity index (χ0v) is 7.97. The second-order valence-corrected chi connectivity index (χ2v) is 4.25. The van der Waals surface area contributed by atoms with Crippen molar-refractivity contribution in [3.05, 3.63) is 12.7 Å². The topological polar surface area (TPSA) is 35.5 Å². The van der Waals surface area contributed by atoms with Crippen molar-refractivity contribution in [2.45, 2.75) is 13.3 Å². The van der Waals surface area contributed by atoms with Crippen LogP contribution < -0.4 is 0 Å². The SMILES string of the molecule is C=CCOP(C)(=O)OCCC. The predicted octanol–water partition coefficient (Wildman–Crippen LogP) is 2.44. The standard InChI is InChI=1S/C7H15O3P/c1-4-6-9-11(3,8)10-7-5-2/h4H,1,5-7H2,2-3H3. The largest absolute Gasteiger partial charge is 0.327 e. The van der Waals surface area contributed by atoms with Gasteiger partial charge in [0, 0.05) is 6.66 Å². The molecule has 0 fully saturated rings. The molecule has 1 unspecified atom stereocenters. The Balaban J connectivity index is 3.61. The van der Waals surface area contributed by atoms with Crippen molar-refractivity contribution >= 4 is 7.60 Å². The van der Waals surface area contributed by atoms with Gasteiger partial charge in [-0.05, 0) is 6.42 Å². The lowest BCUT2D eigenvalue weighted by atomic mass is 10.5. The highest BCUT2D eigenvalue weighted by atomic mass is 31.2. The van der Waals surface area contributed by atoms with Crippen LogP contribution in [0, 0.1) is 0 Å². The van der Waals surface area contributed by atoms with Gasteiger partial charge in [-0.1, -0.05) is 13.0 Å². The monoisotopic (exact) mass is 178 g/mol. The molecule has 4 heteroatoms. The first-order valence-corrected chi connectivity index (χ1v) is 5.59. The zero-order chi connectivity index (χ0) is 8.74. The van der Waals surface area contributed by atoms with Gasteiger partial charge in [0.15, 0.2) is 0 Å². The van der Waals surface area contributed by atoms with Crippen LogP contribution in [0.25, 0.3) is 0 Å². The first-order valence-electron chi connectivity index (χ1n) is 3.60. The summed E-state index contributed by atoms with van der Waals surface area (Å²) in [6, 6.07) is 0. The fourth-order valence-electron chi connectivity index (χ4n) is 0.482. The van der Waals surface area contributed by atoms with Crippen LogP contribution in [-0.4, -0.2) is 19.9 Å². The Hall–Kier alpha value is -0.110. The maximum atomic E-state index is 11.2. The summed E-state index contributed by atoms with van der Waals surface area (Å²) in [7, 11) is -2.80. The normalized spacial score (nSPS) is 15.8. The van der Waals surface area contributed by atoms with Gasteiger partial charge < -0.3 is 9.05 Å². The van der Waals surface area contributed by atoms with Gasteiger partial charge in [-0.3, -0.25) is 4.57 Å². The summed E-state index contributed by atoms with van der Waals surface area (Å²) < 4.78 is 21.1. The highest BCUT2D eigenvalue weighted by Crippen LogP contribution is 2.43. The van der Waals surface area contributed by atoms with Crippen LogP contribution in [0.15, 0.2) is 12.7 Å². The van der Waals surface area contributed by atoms with Gasteiger partial charge in [-0.15, -0.1) is 6.58 Å². The Morgan fingerprint density at radius 3 is 2.64 bits per heavy atom. The first-order chi connectivity index (χ1) is 5.12. The van der Waals surface area contributed by atoms with Crippen molar-refractivity contribution in [3.8, 4) is 0 Å². The van der Waals surface area contributed by atoms with E-state index in [4.69, 9.17) is 9.05 Å². The lowest BCUT2D eigenvalue weighted by Gasteiger charge is -2.11. The maximum absolute atomic E-state index is 11.2. The minimum absolute atomic E-state index is 0.275. The second-order valence-electron chi connectivity index (χ2n) is 2.19. The maximum Gasteiger partial charge on any atom is 0.327 e. The molecule has 0 aromatic carbocycles. The second kappa shape index (κ2) is 5.53. The van der Waals surface area contributed by atoms with E-state index < -0.39 is 7.60 Å². The fourth-order valence-corrected chi connectivity index (χ4v) is 1.45. The number of hydrogen-bond donors (Lipinski definition) is 0. The molecule has 0 radical (unpaired) electrons. The van der Waals surface area contributed by atoms with Gasteiger partial charge in [0.2, 0.25) is 0 Å². The third kappa shape index (κ3) is 6.29. The Kier molecular flexibility index (Phi) is 5.47. The van der Waals surface area contributed by atoms with Crippen LogP contribution in [0.1, 0.15) is 13.3 Å². The van der Waals surface area contributed by atoms with E-state index in [1.807, 2.05) is 6.92 Å². The molecule has 0 bridgehead atoms. The molecule has 0 saturated heterocycles. The van der Waals surface area contributed by atoms with Gasteiger partial charge in [0.05, 0.1) is 13.2 Å². The Morgan fingerprint density at radius 2 is 2.18 bits per heavy atom. The summed E-state index contributed by atoms with van der Waals surface area (Å²) in [6.07, 6.45) is 2.39. The van der Waals surface area contributed by atoms with Crippen LogP contribution in [0.3, 0.4) is 0 Å². The van der Waals surface area contributed by atoms with Gasteiger partial charge in [0.1, 0.15) is 0 Å². The average Bonchev–Trinajstić information content (AvgIpc) is 1.97. The molecule has 0 aliphatic carbocycles. The van der Waals surface area contributed by atoms with Crippen molar-refractivity contribution in [1.29, 1.82) is 0 Å². The summed E-state index contributed by atoms with van der Waals surface area (Å²) in [5.41, 5.74) is 0. The summed E-state index contributed by atoms with van der Waals surface area (Å²) in [5.74, 6) is 0. The molecule has 0 aliphatic heterocycles. The summed E-state index contributed by atoms with van der Waals surface area (Å²) in [6.45, 7) is 7.61. The molecule has 0 aliphatic rings. The van der Waals surface area contributed by atoms with Crippen LogP contribution in [0.2, 0.25) is 0 Å². The zero-order valence-electron chi connectivity index (χ0n) is 7.08. The first kappa shape index (κ1) is 10.9. The van der Waals surface area contributed by atoms with Crippen LogP contribution in [0.5, 0.6) is 0 Å². The minimum Gasteiger partial charge on any atom is -0.309 e. The van der Waals surface area contributed by atoms with Crippen molar-refractivity contribution in [1.82, 2.24) is 0 Å². The van der Waals surface area contributed by atoms with Crippen molar-refractivity contribution in [3.63, 3.8) is 0 Å². The average molecular weight is 178 g/mol. The number of rotatable bonds is 6. The van der Waals surface area contributed by atoms with Crippen LogP contribution in [0.4, 0.5) is 0 Å². The summed E-state index contributed by atoms with van der Waals surface area (Å²) >= 11 is 0. The summed E-state index contributed by atoms with van der Waals surface area (Å²) in [4.78, 5) is 0. The van der Waals surface area contributed by atoms with E-state index in [2.05, 4.69) is 6.58 Å². The van der Waals surface area contributed by atoms with E-state index in [0.717, 1.165) is 6.42 Å². The molecule has 0 heterocycles. The van der Waals surface area contributed by atoms with Gasteiger partial charge in [-0.2, -0.15) is 0 Å². The molecule has 1 atom stereocenters. The molecule has 0 spiro atoms. The lowest BCUT2D eigenvalue weighted by Crippen LogP contribution is -1.95. The molecule has 11 heavy (non-hydrogen) atoms. The van der Waals surface area contributed by atoms with E-state index in [0.29, 0.717) is 6.61 Å². The van der Waals surface area contributed by atoms with E-state index in [1.54, 1.807) is 6.08 Å². The summed E-state index contributed by atoms with van der Waals surface area (Å²) in [5, 5.41) is 0. The van der Waals surface area contributed by atoms with E-state index in [1.165, 1.54) is 6.66 Å². The molecule has 66 valence electrons. The van der Waals surface area contributed by atoms with Gasteiger partial charge in [0.25, 0.3) is 0 Å². The fraction of sp³-hybridized carbons (Fsp3) is 0.714. The van der Waals surface area contributed by atoms with E-state index >= 15 is 0 Å². The predicted molar refractivity (Wildman–Crippen MR) is 45.9 cm³/mol. The van der Waals surface area contributed by atoms with Crippen molar-refractivity contribution < 1.29 is 13.6 Å². The third-order valence-corrected chi connectivity index (χ3v) is 2.23. The van der Waals surface area contributed by atoms with Gasteiger partial charge in [-0.25, -0.2) is 0 Å². The Bertz CT molecular complexity index is 156. The molecule has 0 aromatic rings. The minimum atomic E-state index is -2.80. The lowest BCUT2D eigenvalue weighted by molar-refractivity contribution is 0.224. The van der Waals surface area contributed by atoms with Crippen LogP contribution in [-0.2, 0) is 13.6 Å². The quantitative estimate of drug-likeness (QED) is 0.463. The van der Waals surface area contributed by atoms with Crippen molar-refractivity contribution in [2.75, 3.05) is 19.9 Å². The molecule has 0 amide bonds.